The molecule has 3 aliphatic rings. The van der Waals surface area contributed by atoms with Gasteiger partial charge in [-0.3, -0.25) is 9.59 Å². The van der Waals surface area contributed by atoms with Crippen molar-refractivity contribution in [3.8, 4) is 0 Å². The first-order chi connectivity index (χ1) is 12.9. The molecule has 144 valence electrons. The Morgan fingerprint density at radius 3 is 2.59 bits per heavy atom. The van der Waals surface area contributed by atoms with Crippen LogP contribution in [0.25, 0.3) is 0 Å². The molecule has 4 rings (SSSR count). The Morgan fingerprint density at radius 1 is 1.30 bits per heavy atom. The highest BCUT2D eigenvalue weighted by atomic mass is 32.2. The second kappa shape index (κ2) is 6.81. The summed E-state index contributed by atoms with van der Waals surface area (Å²) in [5, 5.41) is 12.1. The maximum atomic E-state index is 12.6. The Balaban J connectivity index is 1.50. The van der Waals surface area contributed by atoms with Crippen LogP contribution in [0.5, 0.6) is 0 Å². The third-order valence-electron chi connectivity index (χ3n) is 5.52. The van der Waals surface area contributed by atoms with Crippen molar-refractivity contribution in [2.75, 3.05) is 13.2 Å². The van der Waals surface area contributed by atoms with E-state index < -0.39 is 34.7 Å². The van der Waals surface area contributed by atoms with Crippen molar-refractivity contribution in [2.24, 2.45) is 5.73 Å². The van der Waals surface area contributed by atoms with Gasteiger partial charge in [0.2, 0.25) is 11.8 Å². The zero-order valence-electron chi connectivity index (χ0n) is 14.5. The SMILES string of the molecule is NC(C(=O)NC1C(=O)N2C(C(=O)O)C3(CCOCC3)S[C@@H]12)c1ccccc1. The molecule has 0 aliphatic carbocycles. The van der Waals surface area contributed by atoms with E-state index in [4.69, 9.17) is 10.5 Å². The minimum absolute atomic E-state index is 0.364. The van der Waals surface area contributed by atoms with Gasteiger partial charge in [0.05, 0.1) is 4.75 Å². The summed E-state index contributed by atoms with van der Waals surface area (Å²) in [5.41, 5.74) is 6.66. The zero-order valence-corrected chi connectivity index (χ0v) is 15.4. The third kappa shape index (κ3) is 2.90. The van der Waals surface area contributed by atoms with Crippen molar-refractivity contribution in [3.63, 3.8) is 0 Å². The molecule has 3 saturated heterocycles. The number of carbonyl (C=O) groups excluding carboxylic acids is 2. The fourth-order valence-electron chi connectivity index (χ4n) is 4.08. The van der Waals surface area contributed by atoms with E-state index in [1.54, 1.807) is 24.3 Å². The second-order valence-electron chi connectivity index (χ2n) is 7.05. The summed E-state index contributed by atoms with van der Waals surface area (Å²) < 4.78 is 4.81. The molecule has 0 saturated carbocycles. The monoisotopic (exact) mass is 391 g/mol. The van der Waals surface area contributed by atoms with Gasteiger partial charge in [0.25, 0.3) is 0 Å². The Labute approximate surface area is 160 Å². The Bertz CT molecular complexity index is 768. The Kier molecular flexibility index (Phi) is 4.61. The number of carboxylic acids is 1. The number of aliphatic carboxylic acids is 1. The summed E-state index contributed by atoms with van der Waals surface area (Å²) in [7, 11) is 0. The van der Waals surface area contributed by atoms with Gasteiger partial charge < -0.3 is 25.8 Å². The topological polar surface area (TPSA) is 122 Å². The maximum absolute atomic E-state index is 12.6. The number of carboxylic acid groups (broad SMARTS) is 1. The van der Waals surface area contributed by atoms with Crippen molar-refractivity contribution in [1.29, 1.82) is 0 Å². The number of nitrogens with zero attached hydrogens (tertiary/aromatic N) is 1. The number of hydrogen-bond donors (Lipinski definition) is 3. The molecule has 1 spiro atoms. The van der Waals surface area contributed by atoms with Crippen LogP contribution in [0.1, 0.15) is 24.4 Å². The summed E-state index contributed by atoms with van der Waals surface area (Å²) in [5.74, 6) is -1.82. The first-order valence-electron chi connectivity index (χ1n) is 8.86. The highest BCUT2D eigenvalue weighted by Gasteiger charge is 2.67. The number of ether oxygens (including phenoxy) is 1. The number of fused-ring (bicyclic) bond motifs is 1. The number of β-lactam (4-membered cyclic amide) rings is 1. The van der Waals surface area contributed by atoms with Crippen LogP contribution < -0.4 is 11.1 Å². The first-order valence-corrected chi connectivity index (χ1v) is 9.74. The summed E-state index contributed by atoms with van der Waals surface area (Å²) in [4.78, 5) is 38.4. The van der Waals surface area contributed by atoms with Gasteiger partial charge in [-0.2, -0.15) is 0 Å². The number of nitrogens with one attached hydrogen (secondary N) is 1. The van der Waals surface area contributed by atoms with E-state index >= 15 is 0 Å². The molecule has 4 N–H and O–H groups in total. The van der Waals surface area contributed by atoms with Crippen molar-refractivity contribution < 1.29 is 24.2 Å². The molecule has 3 aliphatic heterocycles. The average Bonchev–Trinajstić information content (AvgIpc) is 2.97. The summed E-state index contributed by atoms with van der Waals surface area (Å²) in [6.45, 7) is 0.947. The molecular weight excluding hydrogens is 370 g/mol. The van der Waals surface area contributed by atoms with Crippen molar-refractivity contribution in [1.82, 2.24) is 10.2 Å². The maximum Gasteiger partial charge on any atom is 0.327 e. The van der Waals surface area contributed by atoms with E-state index in [-0.39, 0.29) is 11.3 Å². The van der Waals surface area contributed by atoms with Gasteiger partial charge in [0, 0.05) is 13.2 Å². The number of carbonyl (C=O) groups is 3. The lowest BCUT2D eigenvalue weighted by molar-refractivity contribution is -0.162. The summed E-state index contributed by atoms with van der Waals surface area (Å²) >= 11 is 1.47. The lowest BCUT2D eigenvalue weighted by atomic mass is 9.87. The van der Waals surface area contributed by atoms with Crippen LogP contribution in [0.2, 0.25) is 0 Å². The minimum atomic E-state index is -1.01. The lowest BCUT2D eigenvalue weighted by Crippen LogP contribution is -2.71. The molecule has 3 heterocycles. The molecule has 3 fully saturated rings. The number of benzene rings is 1. The second-order valence-corrected chi connectivity index (χ2v) is 8.58. The third-order valence-corrected chi connectivity index (χ3v) is 7.37. The molecule has 0 radical (unpaired) electrons. The molecule has 8 nitrogen and oxygen atoms in total. The molecule has 1 aromatic rings. The van der Waals surface area contributed by atoms with Gasteiger partial charge in [0.1, 0.15) is 23.5 Å². The Morgan fingerprint density at radius 2 is 1.96 bits per heavy atom. The smallest absolute Gasteiger partial charge is 0.327 e. The number of thioether (sulfide) groups is 1. The number of hydrogen-bond acceptors (Lipinski definition) is 6. The largest absolute Gasteiger partial charge is 0.480 e. The Hall–Kier alpha value is -2.10. The average molecular weight is 391 g/mol. The zero-order chi connectivity index (χ0) is 19.2. The normalized spacial score (nSPS) is 29.7. The molecule has 0 aromatic heterocycles. The van der Waals surface area contributed by atoms with E-state index in [2.05, 4.69) is 5.32 Å². The standard InChI is InChI=1S/C18H21N3O5S/c19-11(10-4-2-1-3-5-10)14(22)20-12-15(23)21-13(17(24)25)18(27-16(12)21)6-8-26-9-7-18/h1-5,11-13,16H,6-9,19H2,(H,20,22)(H,24,25)/t11?,12?,13?,16-/m0/s1. The van der Waals surface area contributed by atoms with Gasteiger partial charge in [-0.15, -0.1) is 11.8 Å². The van der Waals surface area contributed by atoms with Crippen LogP contribution in [0.4, 0.5) is 0 Å². The van der Waals surface area contributed by atoms with E-state index in [1.165, 1.54) is 16.7 Å². The van der Waals surface area contributed by atoms with Crippen LogP contribution in [0.15, 0.2) is 30.3 Å². The van der Waals surface area contributed by atoms with Crippen molar-refractivity contribution >= 4 is 29.5 Å². The van der Waals surface area contributed by atoms with Gasteiger partial charge >= 0.3 is 5.97 Å². The molecule has 3 unspecified atom stereocenters. The predicted molar refractivity (Wildman–Crippen MR) is 97.7 cm³/mol. The van der Waals surface area contributed by atoms with Gasteiger partial charge in [-0.1, -0.05) is 30.3 Å². The van der Waals surface area contributed by atoms with Crippen LogP contribution in [-0.4, -0.2) is 63.2 Å². The molecule has 9 heteroatoms. The summed E-state index contributed by atoms with van der Waals surface area (Å²) in [6, 6.07) is 6.39. The minimum Gasteiger partial charge on any atom is -0.480 e. The van der Waals surface area contributed by atoms with Crippen LogP contribution in [-0.2, 0) is 19.1 Å². The van der Waals surface area contributed by atoms with Crippen molar-refractivity contribution in [2.45, 2.75) is 41.1 Å². The molecule has 0 bridgehead atoms. The van der Waals surface area contributed by atoms with E-state index in [9.17, 15) is 19.5 Å². The van der Waals surface area contributed by atoms with Gasteiger partial charge in [-0.05, 0) is 18.4 Å². The van der Waals surface area contributed by atoms with E-state index in [1.807, 2.05) is 6.07 Å². The van der Waals surface area contributed by atoms with E-state index in [0.29, 0.717) is 31.6 Å². The molecule has 1 aromatic carbocycles. The number of nitrogens with two attached hydrogens (primary N) is 1. The molecular formula is C18H21N3O5S. The quantitative estimate of drug-likeness (QED) is 0.622. The highest BCUT2D eigenvalue weighted by Crippen LogP contribution is 2.55. The molecule has 4 atom stereocenters. The van der Waals surface area contributed by atoms with E-state index in [0.717, 1.165) is 0 Å². The lowest BCUT2D eigenvalue weighted by Gasteiger charge is -2.44. The van der Waals surface area contributed by atoms with Gasteiger partial charge in [0.15, 0.2) is 0 Å². The first kappa shape index (κ1) is 18.3. The van der Waals surface area contributed by atoms with Gasteiger partial charge in [-0.25, -0.2) is 4.79 Å². The number of rotatable bonds is 4. The van der Waals surface area contributed by atoms with Crippen LogP contribution >= 0.6 is 11.8 Å². The molecule has 27 heavy (non-hydrogen) atoms. The highest BCUT2D eigenvalue weighted by molar-refractivity contribution is 8.01. The van der Waals surface area contributed by atoms with Crippen LogP contribution in [0, 0.1) is 0 Å². The molecule has 2 amide bonds. The van der Waals surface area contributed by atoms with Crippen LogP contribution in [0.3, 0.4) is 0 Å². The fourth-order valence-corrected chi connectivity index (χ4v) is 5.97. The summed E-state index contributed by atoms with van der Waals surface area (Å²) in [6.07, 6.45) is 1.14. The van der Waals surface area contributed by atoms with Crippen molar-refractivity contribution in [3.05, 3.63) is 35.9 Å². The fraction of sp³-hybridized carbons (Fsp3) is 0.500. The number of amides is 2. The predicted octanol–water partition coefficient (Wildman–Crippen LogP) is 0.0887.